The molecule has 0 aromatic carbocycles. The Bertz CT molecular complexity index is 306. The van der Waals surface area contributed by atoms with E-state index in [4.69, 9.17) is 0 Å². The monoisotopic (exact) mass is 287 g/mol. The van der Waals surface area contributed by atoms with Crippen LogP contribution in [0.25, 0.3) is 0 Å². The van der Waals surface area contributed by atoms with Gasteiger partial charge in [-0.05, 0) is 32.9 Å². The molecule has 0 spiro atoms. The van der Waals surface area contributed by atoms with E-state index in [0.29, 0.717) is 18.3 Å². The second-order valence-electron chi connectivity index (χ2n) is 5.13. The molecule has 1 saturated heterocycles. The summed E-state index contributed by atoms with van der Waals surface area (Å²) in [6, 6.07) is -0.212. The fourth-order valence-electron chi connectivity index (χ4n) is 2.30. The SMILES string of the molecule is CC(=O)NC(CS)C(=O)NCC(C)N1CCCCC1. The van der Waals surface area contributed by atoms with Crippen LogP contribution in [0.15, 0.2) is 0 Å². The van der Waals surface area contributed by atoms with E-state index in [-0.39, 0.29) is 11.8 Å². The highest BCUT2D eigenvalue weighted by Gasteiger charge is 2.20. The van der Waals surface area contributed by atoms with Crippen LogP contribution in [0.3, 0.4) is 0 Å². The van der Waals surface area contributed by atoms with Crippen molar-refractivity contribution >= 4 is 24.4 Å². The molecule has 5 nitrogen and oxygen atoms in total. The molecule has 1 aliphatic heterocycles. The fraction of sp³-hybridized carbons (Fsp3) is 0.846. The molecule has 0 radical (unpaired) electrons. The van der Waals surface area contributed by atoms with E-state index in [1.165, 1.54) is 26.2 Å². The van der Waals surface area contributed by atoms with E-state index in [1.807, 2.05) is 0 Å². The summed E-state index contributed by atoms with van der Waals surface area (Å²) in [6.45, 7) is 6.36. The lowest BCUT2D eigenvalue weighted by Gasteiger charge is -2.32. The number of nitrogens with one attached hydrogen (secondary N) is 2. The van der Waals surface area contributed by atoms with Crippen molar-refractivity contribution in [3.05, 3.63) is 0 Å². The van der Waals surface area contributed by atoms with E-state index in [1.54, 1.807) is 0 Å². The number of carbonyl (C=O) groups excluding carboxylic acids is 2. The topological polar surface area (TPSA) is 61.4 Å². The van der Waals surface area contributed by atoms with Gasteiger partial charge >= 0.3 is 0 Å². The summed E-state index contributed by atoms with van der Waals surface area (Å²) < 4.78 is 0. The lowest BCUT2D eigenvalue weighted by molar-refractivity contribution is -0.127. The number of piperidine rings is 1. The molecule has 1 fully saturated rings. The van der Waals surface area contributed by atoms with Crippen LogP contribution < -0.4 is 10.6 Å². The quantitative estimate of drug-likeness (QED) is 0.620. The Morgan fingerprint density at radius 2 is 1.89 bits per heavy atom. The molecule has 2 unspecified atom stereocenters. The molecule has 2 atom stereocenters. The molecule has 19 heavy (non-hydrogen) atoms. The first-order valence-electron chi connectivity index (χ1n) is 6.94. The zero-order valence-electron chi connectivity index (χ0n) is 11.8. The van der Waals surface area contributed by atoms with Gasteiger partial charge in [-0.15, -0.1) is 0 Å². The maximum atomic E-state index is 11.9. The number of carbonyl (C=O) groups is 2. The van der Waals surface area contributed by atoms with Gasteiger partial charge in [0.2, 0.25) is 11.8 Å². The summed E-state index contributed by atoms with van der Waals surface area (Å²) in [5.74, 6) is -0.0592. The minimum absolute atomic E-state index is 0.158. The van der Waals surface area contributed by atoms with Crippen LogP contribution in [0.5, 0.6) is 0 Å². The van der Waals surface area contributed by atoms with Crippen molar-refractivity contribution in [3.63, 3.8) is 0 Å². The molecule has 0 aliphatic carbocycles. The molecular weight excluding hydrogens is 262 g/mol. The van der Waals surface area contributed by atoms with Crippen molar-refractivity contribution in [1.82, 2.24) is 15.5 Å². The third-order valence-electron chi connectivity index (χ3n) is 3.46. The predicted octanol–water partition coefficient (Wildman–Crippen LogP) is 0.411. The molecule has 110 valence electrons. The molecule has 6 heteroatoms. The van der Waals surface area contributed by atoms with Gasteiger partial charge in [0.25, 0.3) is 0 Å². The van der Waals surface area contributed by atoms with Crippen molar-refractivity contribution in [3.8, 4) is 0 Å². The fourth-order valence-corrected chi connectivity index (χ4v) is 2.56. The summed E-state index contributed by atoms with van der Waals surface area (Å²) in [5.41, 5.74) is 0. The number of likely N-dealkylation sites (tertiary alicyclic amines) is 1. The summed E-state index contributed by atoms with van der Waals surface area (Å²) in [4.78, 5) is 25.3. The Morgan fingerprint density at radius 3 is 2.42 bits per heavy atom. The van der Waals surface area contributed by atoms with Crippen LogP contribution in [0.1, 0.15) is 33.1 Å². The van der Waals surface area contributed by atoms with Crippen LogP contribution in [0.2, 0.25) is 0 Å². The Labute approximate surface area is 120 Å². The average molecular weight is 287 g/mol. The lowest BCUT2D eigenvalue weighted by Crippen LogP contribution is -2.51. The first kappa shape index (κ1) is 16.3. The van der Waals surface area contributed by atoms with E-state index in [0.717, 1.165) is 13.1 Å². The summed E-state index contributed by atoms with van der Waals surface area (Å²) in [6.07, 6.45) is 3.78. The van der Waals surface area contributed by atoms with Gasteiger partial charge in [0.1, 0.15) is 6.04 Å². The van der Waals surface area contributed by atoms with Gasteiger partial charge in [-0.3, -0.25) is 14.5 Å². The minimum atomic E-state index is -0.547. The van der Waals surface area contributed by atoms with Crippen molar-refractivity contribution in [2.75, 3.05) is 25.4 Å². The number of nitrogens with zero attached hydrogens (tertiary/aromatic N) is 1. The Hall–Kier alpha value is -0.750. The van der Waals surface area contributed by atoms with Crippen molar-refractivity contribution in [2.45, 2.75) is 45.2 Å². The second kappa shape index (κ2) is 8.43. The Kier molecular flexibility index (Phi) is 7.23. The van der Waals surface area contributed by atoms with Gasteiger partial charge in [-0.25, -0.2) is 0 Å². The smallest absolute Gasteiger partial charge is 0.243 e. The third kappa shape index (κ3) is 5.82. The number of hydrogen-bond acceptors (Lipinski definition) is 4. The largest absolute Gasteiger partial charge is 0.353 e. The van der Waals surface area contributed by atoms with Crippen LogP contribution >= 0.6 is 12.6 Å². The molecule has 1 heterocycles. The van der Waals surface area contributed by atoms with Gasteiger partial charge in [-0.2, -0.15) is 12.6 Å². The zero-order valence-corrected chi connectivity index (χ0v) is 12.7. The predicted molar refractivity (Wildman–Crippen MR) is 79.4 cm³/mol. The van der Waals surface area contributed by atoms with Gasteiger partial charge in [0.15, 0.2) is 0 Å². The molecule has 2 N–H and O–H groups in total. The Morgan fingerprint density at radius 1 is 1.26 bits per heavy atom. The van der Waals surface area contributed by atoms with E-state index >= 15 is 0 Å². The number of amides is 2. The highest BCUT2D eigenvalue weighted by Crippen LogP contribution is 2.11. The standard InChI is InChI=1S/C13H25N3O2S/c1-10(16-6-4-3-5-7-16)8-14-13(18)12(9-19)15-11(2)17/h10,12,19H,3-9H2,1-2H3,(H,14,18)(H,15,17). The van der Waals surface area contributed by atoms with E-state index in [2.05, 4.69) is 35.1 Å². The van der Waals surface area contributed by atoms with Crippen molar-refractivity contribution in [2.24, 2.45) is 0 Å². The number of rotatable bonds is 6. The zero-order chi connectivity index (χ0) is 14.3. The van der Waals surface area contributed by atoms with E-state index < -0.39 is 6.04 Å². The van der Waals surface area contributed by atoms with Crippen LogP contribution in [-0.2, 0) is 9.59 Å². The van der Waals surface area contributed by atoms with Crippen LogP contribution in [-0.4, -0.2) is 54.2 Å². The maximum absolute atomic E-state index is 11.9. The highest BCUT2D eigenvalue weighted by molar-refractivity contribution is 7.80. The molecule has 0 bridgehead atoms. The number of hydrogen-bond donors (Lipinski definition) is 3. The average Bonchev–Trinajstić information content (AvgIpc) is 2.42. The van der Waals surface area contributed by atoms with Gasteiger partial charge in [0, 0.05) is 25.3 Å². The normalized spacial score (nSPS) is 19.5. The molecule has 1 rings (SSSR count). The molecular formula is C13H25N3O2S. The van der Waals surface area contributed by atoms with Crippen molar-refractivity contribution < 1.29 is 9.59 Å². The second-order valence-corrected chi connectivity index (χ2v) is 5.49. The number of thiol groups is 1. The molecule has 0 aromatic heterocycles. The molecule has 0 aromatic rings. The molecule has 0 saturated carbocycles. The first-order valence-corrected chi connectivity index (χ1v) is 7.57. The summed E-state index contributed by atoms with van der Waals surface area (Å²) in [5, 5.41) is 5.48. The molecule has 2 amide bonds. The van der Waals surface area contributed by atoms with Gasteiger partial charge in [-0.1, -0.05) is 6.42 Å². The van der Waals surface area contributed by atoms with Gasteiger partial charge < -0.3 is 10.6 Å². The van der Waals surface area contributed by atoms with Crippen molar-refractivity contribution in [1.29, 1.82) is 0 Å². The van der Waals surface area contributed by atoms with E-state index in [9.17, 15) is 9.59 Å². The third-order valence-corrected chi connectivity index (χ3v) is 3.83. The first-order chi connectivity index (χ1) is 9.04. The van der Waals surface area contributed by atoms with Crippen LogP contribution in [0.4, 0.5) is 0 Å². The highest BCUT2D eigenvalue weighted by atomic mass is 32.1. The summed E-state index contributed by atoms with van der Waals surface area (Å²) in [7, 11) is 0. The lowest BCUT2D eigenvalue weighted by atomic mass is 10.1. The maximum Gasteiger partial charge on any atom is 0.243 e. The summed E-state index contributed by atoms with van der Waals surface area (Å²) >= 11 is 4.09. The van der Waals surface area contributed by atoms with Gasteiger partial charge in [0.05, 0.1) is 0 Å². The van der Waals surface area contributed by atoms with Crippen LogP contribution in [0, 0.1) is 0 Å². The minimum Gasteiger partial charge on any atom is -0.353 e. The molecule has 1 aliphatic rings. The Balaban J connectivity index is 2.33.